The van der Waals surface area contributed by atoms with Crippen molar-refractivity contribution in [2.75, 3.05) is 6.54 Å². The van der Waals surface area contributed by atoms with Crippen LogP contribution < -0.4 is 0 Å². The third kappa shape index (κ3) is 8.80. The van der Waals surface area contributed by atoms with Gasteiger partial charge in [-0.1, -0.05) is 62.8 Å². The fraction of sp³-hybridized carbons (Fsp3) is 0.462. The largest absolute Gasteiger partial charge is 0.591 e. The number of rotatable bonds is 7. The Morgan fingerprint density at radius 3 is 2.15 bits per heavy atom. The first-order chi connectivity index (χ1) is 15.3. The van der Waals surface area contributed by atoms with Gasteiger partial charge in [0, 0.05) is 23.0 Å². The second-order valence-corrected chi connectivity index (χ2v) is 12.7. The number of carbonyl (C=O) groups excluding carboxylic acids is 1. The zero-order valence-corrected chi connectivity index (χ0v) is 23.0. The summed E-state index contributed by atoms with van der Waals surface area (Å²) in [5.41, 5.74) is 2.00. The molecule has 0 bridgehead atoms. The second-order valence-electron chi connectivity index (χ2n) is 9.92. The van der Waals surface area contributed by atoms with Crippen LogP contribution in [0.5, 0.6) is 0 Å². The van der Waals surface area contributed by atoms with Crippen molar-refractivity contribution in [2.45, 2.75) is 71.3 Å². The van der Waals surface area contributed by atoms with Crippen molar-refractivity contribution in [3.8, 4) is 0 Å². The molecule has 5 nitrogen and oxygen atoms in total. The Labute approximate surface area is 210 Å². The van der Waals surface area contributed by atoms with E-state index in [9.17, 15) is 9.35 Å². The van der Waals surface area contributed by atoms with Gasteiger partial charge < -0.3 is 14.2 Å². The van der Waals surface area contributed by atoms with Gasteiger partial charge in [-0.15, -0.1) is 0 Å². The van der Waals surface area contributed by atoms with Gasteiger partial charge in [-0.3, -0.25) is 0 Å². The molecule has 0 spiro atoms. The lowest BCUT2D eigenvalue weighted by Gasteiger charge is -2.32. The first kappa shape index (κ1) is 27.4. The van der Waals surface area contributed by atoms with Gasteiger partial charge in [-0.05, 0) is 66.2 Å². The molecule has 2 aromatic rings. The van der Waals surface area contributed by atoms with Crippen LogP contribution in [0.25, 0.3) is 0 Å². The number of hydrogen-bond acceptors (Lipinski definition) is 4. The van der Waals surface area contributed by atoms with Gasteiger partial charge in [-0.2, -0.15) is 0 Å². The van der Waals surface area contributed by atoms with Crippen LogP contribution >= 0.6 is 15.9 Å². The zero-order chi connectivity index (χ0) is 24.8. The highest BCUT2D eigenvalue weighted by Gasteiger charge is 2.30. The molecule has 0 aromatic heterocycles. The normalized spacial score (nSPS) is 14.5. The van der Waals surface area contributed by atoms with Crippen molar-refractivity contribution in [2.24, 2.45) is 4.40 Å². The molecule has 2 rings (SSSR count). The lowest BCUT2D eigenvalue weighted by atomic mass is 10.0. The van der Waals surface area contributed by atoms with Gasteiger partial charge in [-0.25, -0.2) is 4.79 Å². The maximum absolute atomic E-state index is 13.2. The van der Waals surface area contributed by atoms with Gasteiger partial charge in [0.25, 0.3) is 0 Å². The van der Waals surface area contributed by atoms with E-state index in [4.69, 9.17) is 4.74 Å². The average molecular weight is 536 g/mol. The van der Waals surface area contributed by atoms with Crippen LogP contribution in [-0.4, -0.2) is 38.2 Å². The van der Waals surface area contributed by atoms with Crippen molar-refractivity contribution in [3.05, 3.63) is 70.2 Å². The minimum atomic E-state index is -1.41. The molecule has 33 heavy (non-hydrogen) atoms. The summed E-state index contributed by atoms with van der Waals surface area (Å²) in [5.74, 6) is 0. The van der Waals surface area contributed by atoms with Gasteiger partial charge in [0.1, 0.15) is 27.4 Å². The third-order valence-electron chi connectivity index (χ3n) is 4.86. The topological polar surface area (TPSA) is 65.0 Å². The number of amides is 1. The molecule has 0 fully saturated rings. The molecular weight excluding hydrogens is 500 g/mol. The summed E-state index contributed by atoms with van der Waals surface area (Å²) in [6.07, 6.45) is 0.0636. The zero-order valence-electron chi connectivity index (χ0n) is 20.6. The summed E-state index contributed by atoms with van der Waals surface area (Å²) in [7, 11) is 0. The molecule has 0 radical (unpaired) electrons. The molecule has 2 aromatic carbocycles. The molecule has 0 heterocycles. The molecule has 0 aliphatic heterocycles. The molecule has 1 amide bonds. The molecule has 0 aliphatic carbocycles. The Morgan fingerprint density at radius 1 is 1.06 bits per heavy atom. The highest BCUT2D eigenvalue weighted by Crippen LogP contribution is 2.26. The van der Waals surface area contributed by atoms with E-state index in [1.54, 1.807) is 4.90 Å². The number of benzene rings is 2. The fourth-order valence-corrected chi connectivity index (χ4v) is 3.96. The molecular formula is C26H35BrN2O3S. The molecule has 2 atom stereocenters. The molecule has 0 saturated carbocycles. The minimum Gasteiger partial charge on any atom is -0.591 e. The summed E-state index contributed by atoms with van der Waals surface area (Å²) in [5, 5.41) is 0. The van der Waals surface area contributed by atoms with Crippen LogP contribution in [0, 0.1) is 0 Å². The highest BCUT2D eigenvalue weighted by molar-refractivity contribution is 9.10. The second kappa shape index (κ2) is 11.5. The predicted octanol–water partition coefficient (Wildman–Crippen LogP) is 7.09. The van der Waals surface area contributed by atoms with E-state index in [2.05, 4.69) is 20.3 Å². The number of halogens is 1. The smallest absolute Gasteiger partial charge is 0.410 e. The van der Waals surface area contributed by atoms with Gasteiger partial charge >= 0.3 is 6.09 Å². The Morgan fingerprint density at radius 2 is 1.64 bits per heavy atom. The minimum absolute atomic E-state index is 0.210. The SMILES string of the molecule is C[C@@H](c1ccc(Br)cc1)N(CCC(=N[S+]([O-])C(C)(C)C)c1ccccc1)C(=O)OC(C)(C)C. The summed E-state index contributed by atoms with van der Waals surface area (Å²) < 4.78 is 23.6. The quantitative estimate of drug-likeness (QED) is 0.281. The van der Waals surface area contributed by atoms with E-state index >= 15 is 0 Å². The van der Waals surface area contributed by atoms with Crippen LogP contribution in [0.1, 0.15) is 72.1 Å². The number of hydrogen-bond donors (Lipinski definition) is 0. The maximum Gasteiger partial charge on any atom is 0.410 e. The maximum atomic E-state index is 13.2. The monoisotopic (exact) mass is 534 g/mol. The van der Waals surface area contributed by atoms with E-state index in [0.717, 1.165) is 15.6 Å². The van der Waals surface area contributed by atoms with Crippen molar-refractivity contribution in [1.82, 2.24) is 4.90 Å². The van der Waals surface area contributed by atoms with E-state index in [1.165, 1.54) is 0 Å². The van der Waals surface area contributed by atoms with E-state index in [0.29, 0.717) is 18.7 Å². The average Bonchev–Trinajstić information content (AvgIpc) is 2.72. The van der Waals surface area contributed by atoms with Crippen molar-refractivity contribution < 1.29 is 14.1 Å². The van der Waals surface area contributed by atoms with Crippen molar-refractivity contribution >= 4 is 39.1 Å². The van der Waals surface area contributed by atoms with Crippen LogP contribution in [0.4, 0.5) is 4.79 Å². The van der Waals surface area contributed by atoms with Crippen LogP contribution in [-0.2, 0) is 16.1 Å². The highest BCUT2D eigenvalue weighted by atomic mass is 79.9. The van der Waals surface area contributed by atoms with E-state index in [-0.39, 0.29) is 12.1 Å². The van der Waals surface area contributed by atoms with Crippen LogP contribution in [0.3, 0.4) is 0 Å². The Hall–Kier alpha value is -1.83. The lowest BCUT2D eigenvalue weighted by Crippen LogP contribution is -2.39. The summed E-state index contributed by atoms with van der Waals surface area (Å²) >= 11 is 2.05. The Bertz CT molecular complexity index is 935. The van der Waals surface area contributed by atoms with Crippen molar-refractivity contribution in [3.63, 3.8) is 0 Å². The molecule has 0 aliphatic rings. The third-order valence-corrected chi connectivity index (χ3v) is 6.82. The first-order valence-electron chi connectivity index (χ1n) is 11.1. The molecule has 1 unspecified atom stereocenters. The van der Waals surface area contributed by atoms with Gasteiger partial charge in [0.05, 0.1) is 6.04 Å². The fourth-order valence-electron chi connectivity index (χ4n) is 3.02. The number of nitrogens with zero attached hydrogens (tertiary/aromatic N) is 2. The van der Waals surface area contributed by atoms with Crippen LogP contribution in [0.2, 0.25) is 0 Å². The Kier molecular flexibility index (Phi) is 9.58. The predicted molar refractivity (Wildman–Crippen MR) is 141 cm³/mol. The van der Waals surface area contributed by atoms with E-state index in [1.807, 2.05) is 103 Å². The standard InChI is InChI=1S/C26H35BrN2O3S/c1-19(20-13-15-22(27)16-14-20)29(24(30)32-25(2,3)4)18-17-23(21-11-9-8-10-12-21)28-33(31)26(5,6)7/h8-16,19H,17-18H2,1-7H3/t19-,33?/m0/s1. The number of carbonyl (C=O) groups is 1. The summed E-state index contributed by atoms with van der Waals surface area (Å²) in [6.45, 7) is 13.6. The van der Waals surface area contributed by atoms with E-state index < -0.39 is 21.7 Å². The van der Waals surface area contributed by atoms with Crippen LogP contribution in [0.15, 0.2) is 63.5 Å². The molecule has 180 valence electrons. The lowest BCUT2D eigenvalue weighted by molar-refractivity contribution is 0.0180. The van der Waals surface area contributed by atoms with Gasteiger partial charge in [0.2, 0.25) is 0 Å². The van der Waals surface area contributed by atoms with Crippen molar-refractivity contribution in [1.29, 1.82) is 0 Å². The summed E-state index contributed by atoms with van der Waals surface area (Å²) in [4.78, 5) is 14.9. The summed E-state index contributed by atoms with van der Waals surface area (Å²) in [6, 6.07) is 17.4. The molecule has 0 saturated heterocycles. The molecule has 0 N–H and O–H groups in total. The molecule has 7 heteroatoms. The first-order valence-corrected chi connectivity index (χ1v) is 13.0. The van der Waals surface area contributed by atoms with Gasteiger partial charge in [0.15, 0.2) is 0 Å². The number of ether oxygens (including phenoxy) is 1. The Balaban J connectivity index is 2.36.